The molecule has 0 radical (unpaired) electrons. The van der Waals surface area contributed by atoms with E-state index in [1.807, 2.05) is 6.92 Å². The number of hydrogen-bond acceptors (Lipinski definition) is 5. The second-order valence-corrected chi connectivity index (χ2v) is 10.1. The highest BCUT2D eigenvalue weighted by molar-refractivity contribution is 6.36. The van der Waals surface area contributed by atoms with Gasteiger partial charge >= 0.3 is 6.18 Å². The maximum atomic E-state index is 14.0. The normalized spacial score (nSPS) is 12.7. The Morgan fingerprint density at radius 3 is 2.38 bits per heavy atom. The number of carbonyl (C=O) groups is 1. The molecule has 1 amide bonds. The maximum Gasteiger partial charge on any atom is 0.433 e. The predicted octanol–water partition coefficient (Wildman–Crippen LogP) is 6.88. The lowest BCUT2D eigenvalue weighted by Crippen LogP contribution is -2.43. The van der Waals surface area contributed by atoms with Crippen LogP contribution >= 0.6 is 11.6 Å². The molecule has 1 aromatic carbocycles. The minimum absolute atomic E-state index is 0.0330. The van der Waals surface area contributed by atoms with Gasteiger partial charge < -0.3 is 15.0 Å². The van der Waals surface area contributed by atoms with Crippen molar-refractivity contribution >= 4 is 23.2 Å². The Labute approximate surface area is 232 Å². The predicted molar refractivity (Wildman–Crippen MR) is 147 cm³/mol. The molecule has 3 rings (SSSR count). The smallest absolute Gasteiger partial charge is 0.433 e. The number of amides is 1. The molecule has 3 aromatic rings. The van der Waals surface area contributed by atoms with E-state index in [-0.39, 0.29) is 28.1 Å². The van der Waals surface area contributed by atoms with Crippen LogP contribution in [-0.4, -0.2) is 58.2 Å². The molecule has 0 spiro atoms. The second-order valence-electron chi connectivity index (χ2n) is 9.74. The van der Waals surface area contributed by atoms with Gasteiger partial charge in [0, 0.05) is 18.2 Å². The van der Waals surface area contributed by atoms with Crippen molar-refractivity contribution in [2.24, 2.45) is 0 Å². The topological polar surface area (TPSA) is 71.8 Å². The molecular weight excluding hydrogens is 531 g/mol. The number of hydrogen-bond donors (Lipinski definition) is 1. The molecule has 0 aliphatic carbocycles. The Bertz CT molecular complexity index is 1240. The average Bonchev–Trinajstić information content (AvgIpc) is 3.24. The molecule has 11 heteroatoms. The van der Waals surface area contributed by atoms with E-state index in [1.54, 1.807) is 24.3 Å². The van der Waals surface area contributed by atoms with Crippen molar-refractivity contribution in [3.63, 3.8) is 0 Å². The third-order valence-corrected chi connectivity index (χ3v) is 6.82. The van der Waals surface area contributed by atoms with Gasteiger partial charge in [-0.05, 0) is 51.1 Å². The van der Waals surface area contributed by atoms with Crippen LogP contribution in [0.2, 0.25) is 5.02 Å². The lowest BCUT2D eigenvalue weighted by atomic mass is 10.1. The summed E-state index contributed by atoms with van der Waals surface area (Å²) in [5.41, 5.74) is -1.19. The van der Waals surface area contributed by atoms with Crippen LogP contribution in [0.5, 0.6) is 5.75 Å². The minimum Gasteiger partial charge on any atom is -0.497 e. The molecule has 0 saturated heterocycles. The summed E-state index contributed by atoms with van der Waals surface area (Å²) in [6.45, 7) is 8.66. The summed E-state index contributed by atoms with van der Waals surface area (Å²) in [4.78, 5) is 19.8. The molecule has 2 heterocycles. The molecule has 0 saturated carbocycles. The molecule has 0 fully saturated rings. The largest absolute Gasteiger partial charge is 0.497 e. The zero-order chi connectivity index (χ0) is 28.6. The summed E-state index contributed by atoms with van der Waals surface area (Å²) in [6.07, 6.45) is 1.89. The Morgan fingerprint density at radius 2 is 1.79 bits per heavy atom. The summed E-state index contributed by atoms with van der Waals surface area (Å²) >= 11 is 6.44. The number of fused-ring (bicyclic) bond motifs is 1. The first-order valence-electron chi connectivity index (χ1n) is 13.4. The maximum absolute atomic E-state index is 14.0. The van der Waals surface area contributed by atoms with Gasteiger partial charge in [0.2, 0.25) is 0 Å². The Morgan fingerprint density at radius 1 is 1.13 bits per heavy atom. The summed E-state index contributed by atoms with van der Waals surface area (Å²) in [5, 5.41) is 6.58. The van der Waals surface area contributed by atoms with Crippen LogP contribution in [0, 0.1) is 0 Å². The van der Waals surface area contributed by atoms with E-state index in [9.17, 15) is 18.0 Å². The zero-order valence-corrected chi connectivity index (χ0v) is 23.7. The van der Waals surface area contributed by atoms with Gasteiger partial charge in [-0.3, -0.25) is 4.79 Å². The number of carbonyl (C=O) groups excluding carboxylic acids is 1. The summed E-state index contributed by atoms with van der Waals surface area (Å²) in [7, 11) is 1.46. The van der Waals surface area contributed by atoms with E-state index >= 15 is 0 Å². The summed E-state index contributed by atoms with van der Waals surface area (Å²) in [5.74, 6) is -0.175. The highest BCUT2D eigenvalue weighted by atomic mass is 35.5. The molecule has 2 aromatic heterocycles. The van der Waals surface area contributed by atoms with E-state index in [4.69, 9.17) is 16.3 Å². The number of unbranched alkanes of at least 4 members (excludes halogenated alkanes) is 4. The number of benzene rings is 1. The molecule has 0 aliphatic rings. The number of halogens is 4. The Balaban J connectivity index is 1.88. The van der Waals surface area contributed by atoms with E-state index in [0.29, 0.717) is 22.4 Å². The standard InChI is InChI=1S/C28H37ClF3N5O2/c1-5-7-9-14-36(15-10-8-6-2)18-19(3)33-27(38)25-24(29)26-34-22(20-12-11-13-21(16-20)39-4)17-23(28(30,31)32)37(26)35-25/h11-13,16-17,19H,5-10,14-15,18H2,1-4H3,(H,33,38). The number of methoxy groups -OCH3 is 1. The second kappa shape index (κ2) is 14.0. The van der Waals surface area contributed by atoms with Crippen molar-refractivity contribution < 1.29 is 22.7 Å². The van der Waals surface area contributed by atoms with Crippen molar-refractivity contribution in [3.05, 3.63) is 46.7 Å². The van der Waals surface area contributed by atoms with Crippen LogP contribution in [0.15, 0.2) is 30.3 Å². The van der Waals surface area contributed by atoms with E-state index < -0.39 is 17.8 Å². The van der Waals surface area contributed by atoms with Crippen molar-refractivity contribution in [1.29, 1.82) is 0 Å². The van der Waals surface area contributed by atoms with Gasteiger partial charge in [0.1, 0.15) is 10.8 Å². The molecule has 1 N–H and O–H groups in total. The van der Waals surface area contributed by atoms with Gasteiger partial charge in [-0.25, -0.2) is 9.50 Å². The van der Waals surface area contributed by atoms with Crippen LogP contribution in [0.3, 0.4) is 0 Å². The Hall–Kier alpha value is -2.85. The van der Waals surface area contributed by atoms with Gasteiger partial charge in [-0.15, -0.1) is 0 Å². The van der Waals surface area contributed by atoms with Gasteiger partial charge in [0.05, 0.1) is 12.8 Å². The van der Waals surface area contributed by atoms with E-state index in [1.165, 1.54) is 7.11 Å². The average molecular weight is 568 g/mol. The number of ether oxygens (including phenoxy) is 1. The lowest BCUT2D eigenvalue weighted by Gasteiger charge is -2.26. The first-order valence-corrected chi connectivity index (χ1v) is 13.8. The number of aromatic nitrogens is 3. The molecule has 214 valence electrons. The summed E-state index contributed by atoms with van der Waals surface area (Å²) < 4.78 is 47.9. The molecule has 7 nitrogen and oxygen atoms in total. The highest BCUT2D eigenvalue weighted by Crippen LogP contribution is 2.35. The molecule has 1 unspecified atom stereocenters. The number of rotatable bonds is 14. The fraction of sp³-hybridized carbons (Fsp3) is 0.536. The number of alkyl halides is 3. The molecule has 0 bridgehead atoms. The Kier molecular flexibility index (Phi) is 11.0. The fourth-order valence-corrected chi connectivity index (χ4v) is 4.71. The van der Waals surface area contributed by atoms with Crippen LogP contribution < -0.4 is 10.1 Å². The SMILES string of the molecule is CCCCCN(CCCCC)CC(C)NC(=O)c1nn2c(C(F)(F)F)cc(-c3cccc(OC)c3)nc2c1Cl. The van der Waals surface area contributed by atoms with Gasteiger partial charge in [-0.2, -0.15) is 18.3 Å². The monoisotopic (exact) mass is 567 g/mol. The quantitative estimate of drug-likeness (QED) is 0.215. The number of nitrogens with zero attached hydrogens (tertiary/aromatic N) is 4. The fourth-order valence-electron chi connectivity index (χ4n) is 4.46. The van der Waals surface area contributed by atoms with Gasteiger partial charge in [0.25, 0.3) is 5.91 Å². The molecule has 1 atom stereocenters. The zero-order valence-electron chi connectivity index (χ0n) is 22.9. The van der Waals surface area contributed by atoms with E-state index in [0.717, 1.165) is 57.7 Å². The van der Waals surface area contributed by atoms with Crippen LogP contribution in [-0.2, 0) is 6.18 Å². The molecular formula is C28H37ClF3N5O2. The third kappa shape index (κ3) is 8.08. The third-order valence-electron chi connectivity index (χ3n) is 6.47. The van der Waals surface area contributed by atoms with Crippen molar-refractivity contribution in [3.8, 4) is 17.0 Å². The molecule has 0 aliphatic heterocycles. The van der Waals surface area contributed by atoms with Gasteiger partial charge in [0.15, 0.2) is 17.0 Å². The first-order chi connectivity index (χ1) is 18.6. The number of nitrogens with one attached hydrogen (secondary N) is 1. The van der Waals surface area contributed by atoms with Crippen LogP contribution in [0.4, 0.5) is 13.2 Å². The highest BCUT2D eigenvalue weighted by Gasteiger charge is 2.37. The minimum atomic E-state index is -4.76. The first kappa shape index (κ1) is 30.7. The van der Waals surface area contributed by atoms with Gasteiger partial charge in [-0.1, -0.05) is 63.3 Å². The lowest BCUT2D eigenvalue weighted by molar-refractivity contribution is -0.142. The van der Waals surface area contributed by atoms with Crippen molar-refractivity contribution in [1.82, 2.24) is 24.8 Å². The van der Waals surface area contributed by atoms with Crippen molar-refractivity contribution in [2.75, 3.05) is 26.7 Å². The van der Waals surface area contributed by atoms with Crippen molar-refractivity contribution in [2.45, 2.75) is 71.5 Å². The van der Waals surface area contributed by atoms with Crippen LogP contribution in [0.25, 0.3) is 16.9 Å². The molecule has 39 heavy (non-hydrogen) atoms. The van der Waals surface area contributed by atoms with E-state index in [2.05, 4.69) is 34.1 Å². The van der Waals surface area contributed by atoms with Crippen LogP contribution in [0.1, 0.15) is 75.5 Å². The summed E-state index contributed by atoms with van der Waals surface area (Å²) in [6, 6.07) is 7.15.